The van der Waals surface area contributed by atoms with Gasteiger partial charge in [0.05, 0.1) is 25.7 Å². The van der Waals surface area contributed by atoms with Gasteiger partial charge in [0.15, 0.2) is 11.5 Å². The maximum absolute atomic E-state index is 13.0. The second-order valence-corrected chi connectivity index (χ2v) is 9.15. The smallest absolute Gasteiger partial charge is 0.373 e. The first-order valence-corrected chi connectivity index (χ1v) is 12.2. The minimum absolute atomic E-state index is 0.0292. The quantitative estimate of drug-likeness (QED) is 0.114. The van der Waals surface area contributed by atoms with Gasteiger partial charge in [0.2, 0.25) is 5.76 Å². The minimum Gasteiger partial charge on any atom is -0.493 e. The highest BCUT2D eigenvalue weighted by Crippen LogP contribution is 2.43. The minimum atomic E-state index is -0.688. The van der Waals surface area contributed by atoms with Gasteiger partial charge in [-0.05, 0) is 51.3 Å². The number of nitrogens with one attached hydrogen (secondary N) is 1. The topological polar surface area (TPSA) is 150 Å². The first-order chi connectivity index (χ1) is 18.6. The largest absolute Gasteiger partial charge is 0.493 e. The molecule has 4 rings (SSSR count). The van der Waals surface area contributed by atoms with Gasteiger partial charge >= 0.3 is 12.0 Å². The summed E-state index contributed by atoms with van der Waals surface area (Å²) >= 11 is 9.92. The van der Waals surface area contributed by atoms with Gasteiger partial charge in [-0.25, -0.2) is 9.59 Å². The van der Waals surface area contributed by atoms with Crippen molar-refractivity contribution in [1.29, 1.82) is 0 Å². The average molecular weight is 621 g/mol. The molecule has 3 aromatic rings. The molecule has 1 N–H and O–H groups in total. The first kappa shape index (κ1) is 27.7. The van der Waals surface area contributed by atoms with E-state index in [9.17, 15) is 24.5 Å². The molecule has 2 heterocycles. The van der Waals surface area contributed by atoms with Crippen LogP contribution in [0.4, 0.5) is 10.5 Å². The Morgan fingerprint density at radius 3 is 2.69 bits per heavy atom. The van der Waals surface area contributed by atoms with Gasteiger partial charge in [0.1, 0.15) is 23.1 Å². The fraction of sp³-hybridized carbons (Fsp3) is 0.160. The van der Waals surface area contributed by atoms with Crippen LogP contribution in [0.1, 0.15) is 27.4 Å². The lowest BCUT2D eigenvalue weighted by atomic mass is 10.1. The van der Waals surface area contributed by atoms with Crippen LogP contribution < -0.4 is 14.8 Å². The van der Waals surface area contributed by atoms with Crippen LogP contribution in [0.15, 0.2) is 57.1 Å². The number of methoxy groups -OCH3 is 2. The summed E-state index contributed by atoms with van der Waals surface area (Å²) in [6.45, 7) is -0.243. The number of rotatable bonds is 9. The molecule has 0 bridgehead atoms. The Hall–Kier alpha value is -4.36. The normalized spacial score (nSPS) is 13.9. The molecule has 0 aliphatic carbocycles. The van der Waals surface area contributed by atoms with Crippen LogP contribution >= 0.6 is 27.5 Å². The molecular weight excluding hydrogens is 602 g/mol. The van der Waals surface area contributed by atoms with E-state index in [1.807, 2.05) is 0 Å². The average Bonchev–Trinajstić information content (AvgIpc) is 3.50. The number of ether oxygens (including phenoxy) is 3. The number of furan rings is 1. The molecule has 14 heteroatoms. The number of nitro groups is 1. The summed E-state index contributed by atoms with van der Waals surface area (Å²) in [5.74, 6) is -0.788. The fourth-order valence-corrected chi connectivity index (χ4v) is 4.28. The van der Waals surface area contributed by atoms with Crippen molar-refractivity contribution in [3.63, 3.8) is 0 Å². The number of imide groups is 1. The molecule has 202 valence electrons. The van der Waals surface area contributed by atoms with Gasteiger partial charge in [-0.1, -0.05) is 23.7 Å². The molecule has 1 aliphatic heterocycles. The Kier molecular flexibility index (Phi) is 8.21. The van der Waals surface area contributed by atoms with Gasteiger partial charge in [-0.2, -0.15) is 0 Å². The van der Waals surface area contributed by atoms with Crippen molar-refractivity contribution < 1.29 is 37.9 Å². The molecule has 0 radical (unpaired) electrons. The number of amides is 3. The number of urea groups is 1. The van der Waals surface area contributed by atoms with Crippen LogP contribution in [0, 0.1) is 10.1 Å². The third-order valence-electron chi connectivity index (χ3n) is 5.50. The molecule has 0 spiro atoms. The zero-order valence-electron chi connectivity index (χ0n) is 20.4. The monoisotopic (exact) mass is 619 g/mol. The van der Waals surface area contributed by atoms with E-state index >= 15 is 0 Å². The van der Waals surface area contributed by atoms with Gasteiger partial charge in [-0.15, -0.1) is 0 Å². The van der Waals surface area contributed by atoms with Crippen LogP contribution in [0.25, 0.3) is 6.08 Å². The van der Waals surface area contributed by atoms with Crippen molar-refractivity contribution >= 4 is 57.2 Å². The van der Waals surface area contributed by atoms with Crippen molar-refractivity contribution in [2.24, 2.45) is 0 Å². The summed E-state index contributed by atoms with van der Waals surface area (Å²) in [7, 11) is 2.60. The van der Waals surface area contributed by atoms with E-state index in [0.29, 0.717) is 15.6 Å². The number of benzene rings is 2. The van der Waals surface area contributed by atoms with Gasteiger partial charge in [0.25, 0.3) is 11.6 Å². The molecule has 0 unspecified atom stereocenters. The molecule has 1 aromatic heterocycles. The number of nitro benzene ring substituents is 1. The molecule has 1 fully saturated rings. The molecule has 3 amide bonds. The summed E-state index contributed by atoms with van der Waals surface area (Å²) in [5, 5.41) is 13.6. The number of carbonyl (C=O) groups is 3. The number of hydrogen-bond donors (Lipinski definition) is 1. The highest BCUT2D eigenvalue weighted by molar-refractivity contribution is 9.10. The Bertz CT molecular complexity index is 1520. The molecule has 0 atom stereocenters. The lowest BCUT2D eigenvalue weighted by Crippen LogP contribution is -2.30. The summed E-state index contributed by atoms with van der Waals surface area (Å²) in [4.78, 5) is 48.5. The summed E-state index contributed by atoms with van der Waals surface area (Å²) in [5.41, 5.74) is 0.824. The van der Waals surface area contributed by atoms with Crippen molar-refractivity contribution in [2.45, 2.75) is 13.2 Å². The maximum atomic E-state index is 13.0. The first-order valence-electron chi connectivity index (χ1n) is 11.1. The number of non-ortho nitro benzene ring substituents is 1. The van der Waals surface area contributed by atoms with Crippen LogP contribution in [-0.4, -0.2) is 42.0 Å². The van der Waals surface area contributed by atoms with E-state index in [1.54, 1.807) is 18.2 Å². The van der Waals surface area contributed by atoms with Crippen LogP contribution in [0.2, 0.25) is 5.02 Å². The third kappa shape index (κ3) is 5.89. The van der Waals surface area contributed by atoms with Gasteiger partial charge < -0.3 is 23.9 Å². The van der Waals surface area contributed by atoms with Gasteiger partial charge in [-0.3, -0.25) is 19.8 Å². The lowest BCUT2D eigenvalue weighted by molar-refractivity contribution is -0.384. The van der Waals surface area contributed by atoms with Crippen molar-refractivity contribution in [1.82, 2.24) is 10.2 Å². The van der Waals surface area contributed by atoms with Gasteiger partial charge in [0, 0.05) is 16.6 Å². The van der Waals surface area contributed by atoms with E-state index < -0.39 is 22.8 Å². The number of nitrogens with zero attached hydrogens (tertiary/aromatic N) is 2. The molecule has 2 aromatic carbocycles. The van der Waals surface area contributed by atoms with Crippen molar-refractivity contribution in [2.75, 3.05) is 14.2 Å². The summed E-state index contributed by atoms with van der Waals surface area (Å²) < 4.78 is 21.5. The number of esters is 1. The van der Waals surface area contributed by atoms with E-state index in [-0.39, 0.29) is 52.6 Å². The lowest BCUT2D eigenvalue weighted by Gasteiger charge is -2.15. The molecule has 0 saturated carbocycles. The Balaban J connectivity index is 1.55. The predicted octanol–water partition coefficient (Wildman–Crippen LogP) is 5.07. The molecule has 39 heavy (non-hydrogen) atoms. The van der Waals surface area contributed by atoms with E-state index in [2.05, 4.69) is 26.0 Å². The predicted molar refractivity (Wildman–Crippen MR) is 140 cm³/mol. The summed E-state index contributed by atoms with van der Waals surface area (Å²) in [6, 6.07) is 9.66. The zero-order valence-corrected chi connectivity index (χ0v) is 22.7. The van der Waals surface area contributed by atoms with E-state index in [1.165, 1.54) is 44.6 Å². The number of hydrogen-bond acceptors (Lipinski definition) is 9. The highest BCUT2D eigenvalue weighted by Gasteiger charge is 2.35. The second-order valence-electron chi connectivity index (χ2n) is 7.98. The Morgan fingerprint density at radius 2 is 2.00 bits per heavy atom. The van der Waals surface area contributed by atoms with Crippen LogP contribution in [0.3, 0.4) is 0 Å². The highest BCUT2D eigenvalue weighted by atomic mass is 79.9. The van der Waals surface area contributed by atoms with E-state index in [0.717, 1.165) is 4.90 Å². The zero-order chi connectivity index (χ0) is 28.3. The molecule has 1 aliphatic rings. The number of carbonyl (C=O) groups excluding carboxylic acids is 3. The SMILES string of the molecule is COC(=O)c1ccc(CN2C(=O)N/C(=C\c3cc(OC)c(OCc4cccc([N+](=O)[O-])c4)c(Cl)c3Br)C2=O)o1. The molecular formula is C25H19BrClN3O9. The number of halogens is 2. The molecule has 12 nitrogen and oxygen atoms in total. The van der Waals surface area contributed by atoms with Crippen LogP contribution in [0.5, 0.6) is 11.5 Å². The third-order valence-corrected chi connectivity index (χ3v) is 6.95. The van der Waals surface area contributed by atoms with Crippen LogP contribution in [-0.2, 0) is 22.7 Å². The summed E-state index contributed by atoms with van der Waals surface area (Å²) in [6.07, 6.45) is 1.41. The Morgan fingerprint density at radius 1 is 1.23 bits per heavy atom. The molecule has 1 saturated heterocycles. The van der Waals surface area contributed by atoms with Crippen molar-refractivity contribution in [3.8, 4) is 11.5 Å². The fourth-order valence-electron chi connectivity index (χ4n) is 3.61. The Labute approximate surface area is 234 Å². The maximum Gasteiger partial charge on any atom is 0.373 e. The standard InChI is InChI=1S/C25H19BrClN3O9/c1-36-19-10-14(20(26)21(27)22(19)38-12-13-4-3-5-15(8-13)30(34)35)9-17-23(31)29(25(33)28-17)11-16-6-7-18(39-16)24(32)37-2/h3-10H,11-12H2,1-2H3,(H,28,33)/b17-9-. The van der Waals surface area contributed by atoms with E-state index in [4.69, 9.17) is 25.5 Å². The van der Waals surface area contributed by atoms with Crippen molar-refractivity contribution in [3.05, 3.63) is 90.4 Å². The second kappa shape index (κ2) is 11.6.